The summed E-state index contributed by atoms with van der Waals surface area (Å²) in [6.07, 6.45) is 1.64. The lowest BCUT2D eigenvalue weighted by Gasteiger charge is -1.99. The van der Waals surface area contributed by atoms with E-state index in [1.807, 2.05) is 42.6 Å². The molecule has 2 heterocycles. The summed E-state index contributed by atoms with van der Waals surface area (Å²) < 4.78 is 1.54. The van der Waals surface area contributed by atoms with E-state index >= 15 is 0 Å². The van der Waals surface area contributed by atoms with Gasteiger partial charge in [0, 0.05) is 29.6 Å². The lowest BCUT2D eigenvalue weighted by molar-refractivity contribution is 0.0942. The van der Waals surface area contributed by atoms with Gasteiger partial charge in [-0.3, -0.25) is 14.2 Å². The number of aromatic nitrogens is 1. The van der Waals surface area contributed by atoms with E-state index in [4.69, 9.17) is 0 Å². The largest absolute Gasteiger partial charge is 0.289 e. The summed E-state index contributed by atoms with van der Waals surface area (Å²) in [5.41, 5.74) is 2.34. The van der Waals surface area contributed by atoms with E-state index in [1.54, 1.807) is 10.8 Å². The summed E-state index contributed by atoms with van der Waals surface area (Å²) >= 11 is 1.47. The van der Waals surface area contributed by atoms with Gasteiger partial charge in [-0.1, -0.05) is 29.8 Å². The minimum atomic E-state index is -0.0830. The number of carbonyl (C=O) groups excluding carboxylic acids is 2. The molecule has 0 atom stereocenters. The Morgan fingerprint density at radius 3 is 2.45 bits per heavy atom. The first kappa shape index (κ1) is 12.8. The summed E-state index contributed by atoms with van der Waals surface area (Å²) in [7, 11) is 0. The summed E-state index contributed by atoms with van der Waals surface area (Å²) in [6.45, 7) is 3.48. The van der Waals surface area contributed by atoms with Crippen LogP contribution in [0.5, 0.6) is 0 Å². The molecular weight excluding hydrogens is 270 g/mol. The van der Waals surface area contributed by atoms with Crippen LogP contribution >= 0.6 is 11.3 Å². The molecule has 0 aliphatic heterocycles. The number of carbonyl (C=O) groups is 2. The molecule has 20 heavy (non-hydrogen) atoms. The van der Waals surface area contributed by atoms with Crippen molar-refractivity contribution in [3.8, 4) is 0 Å². The van der Waals surface area contributed by atoms with E-state index in [9.17, 15) is 9.59 Å². The fourth-order valence-electron chi connectivity index (χ4n) is 2.23. The fraction of sp³-hybridized carbons (Fsp3) is 0.125. The lowest BCUT2D eigenvalue weighted by Crippen LogP contribution is -2.04. The zero-order chi connectivity index (χ0) is 14.3. The summed E-state index contributed by atoms with van der Waals surface area (Å²) in [5, 5.41) is 2.74. The summed E-state index contributed by atoms with van der Waals surface area (Å²) in [5.74, 6) is -0.131. The van der Waals surface area contributed by atoms with E-state index < -0.39 is 0 Å². The quantitative estimate of drug-likeness (QED) is 0.669. The summed E-state index contributed by atoms with van der Waals surface area (Å²) in [4.78, 5) is 25.0. The average Bonchev–Trinajstić information content (AvgIpc) is 2.99. The zero-order valence-electron chi connectivity index (χ0n) is 11.2. The number of hydrogen-bond acceptors (Lipinski definition) is 3. The van der Waals surface area contributed by atoms with Crippen LogP contribution in [0.3, 0.4) is 0 Å². The highest BCUT2D eigenvalue weighted by atomic mass is 32.1. The van der Waals surface area contributed by atoms with Crippen LogP contribution in [-0.2, 0) is 0 Å². The molecule has 0 spiro atoms. The molecule has 0 unspecified atom stereocenters. The van der Waals surface area contributed by atoms with Crippen molar-refractivity contribution in [2.45, 2.75) is 13.8 Å². The molecule has 0 aliphatic carbocycles. The van der Waals surface area contributed by atoms with Gasteiger partial charge in [0.1, 0.15) is 4.83 Å². The first-order valence-corrected chi connectivity index (χ1v) is 7.17. The molecule has 3 nitrogen and oxygen atoms in total. The molecule has 0 aliphatic rings. The Hall–Kier alpha value is -2.20. The van der Waals surface area contributed by atoms with Crippen molar-refractivity contribution >= 4 is 33.2 Å². The third-order valence-corrected chi connectivity index (χ3v) is 4.22. The van der Waals surface area contributed by atoms with Gasteiger partial charge in [0.25, 0.3) is 0 Å². The SMILES string of the molecule is CC(=O)n1cc(C(=O)c2ccc(C)cc2)c2ccsc21. The van der Waals surface area contributed by atoms with Crippen molar-refractivity contribution in [1.82, 2.24) is 4.57 Å². The molecule has 0 saturated heterocycles. The topological polar surface area (TPSA) is 39.1 Å². The average molecular weight is 283 g/mol. The number of ketones is 1. The molecular formula is C16H13NO2S. The van der Waals surface area contributed by atoms with Gasteiger partial charge in [-0.05, 0) is 18.4 Å². The van der Waals surface area contributed by atoms with Crippen LogP contribution in [0.25, 0.3) is 10.2 Å². The van der Waals surface area contributed by atoms with Crippen molar-refractivity contribution in [3.63, 3.8) is 0 Å². The molecule has 2 aromatic heterocycles. The van der Waals surface area contributed by atoms with Crippen molar-refractivity contribution in [2.75, 3.05) is 0 Å². The first-order chi connectivity index (χ1) is 9.58. The van der Waals surface area contributed by atoms with Gasteiger partial charge in [-0.2, -0.15) is 0 Å². The number of nitrogens with zero attached hydrogens (tertiary/aromatic N) is 1. The molecule has 0 amide bonds. The second-order valence-corrected chi connectivity index (χ2v) is 5.66. The summed E-state index contributed by atoms with van der Waals surface area (Å²) in [6, 6.07) is 9.36. The molecule has 1 aromatic carbocycles. The second-order valence-electron chi connectivity index (χ2n) is 4.77. The molecule has 100 valence electrons. The maximum absolute atomic E-state index is 12.6. The highest BCUT2D eigenvalue weighted by molar-refractivity contribution is 7.17. The van der Waals surface area contributed by atoms with Crippen LogP contribution in [0.15, 0.2) is 41.9 Å². The van der Waals surface area contributed by atoms with Crippen molar-refractivity contribution < 1.29 is 9.59 Å². The predicted molar refractivity (Wildman–Crippen MR) is 80.7 cm³/mol. The van der Waals surface area contributed by atoms with Crippen LogP contribution in [0.1, 0.15) is 33.2 Å². The fourth-order valence-corrected chi connectivity index (χ4v) is 3.16. The number of thiophene rings is 1. The number of benzene rings is 1. The maximum Gasteiger partial charge on any atom is 0.228 e. The van der Waals surface area contributed by atoms with Crippen molar-refractivity contribution in [3.05, 3.63) is 58.6 Å². The van der Waals surface area contributed by atoms with Crippen LogP contribution in [0.4, 0.5) is 0 Å². The number of aryl methyl sites for hydroxylation is 1. The van der Waals surface area contributed by atoms with Crippen LogP contribution in [0.2, 0.25) is 0 Å². The lowest BCUT2D eigenvalue weighted by atomic mass is 10.0. The van der Waals surface area contributed by atoms with E-state index in [0.717, 1.165) is 15.8 Å². The standard InChI is InChI=1S/C16H13NO2S/c1-10-3-5-12(6-4-10)15(19)14-9-17(11(2)18)16-13(14)7-8-20-16/h3-9H,1-2H3. The van der Waals surface area contributed by atoms with Gasteiger partial charge >= 0.3 is 0 Å². The third-order valence-electron chi connectivity index (χ3n) is 3.31. The highest BCUT2D eigenvalue weighted by Gasteiger charge is 2.18. The minimum absolute atomic E-state index is 0.0478. The Morgan fingerprint density at radius 2 is 1.80 bits per heavy atom. The smallest absolute Gasteiger partial charge is 0.228 e. The van der Waals surface area contributed by atoms with Crippen LogP contribution in [-0.4, -0.2) is 16.3 Å². The number of fused-ring (bicyclic) bond motifs is 1. The van der Waals surface area contributed by atoms with Gasteiger partial charge in [0.15, 0.2) is 5.78 Å². The van der Waals surface area contributed by atoms with E-state index in [2.05, 4.69) is 0 Å². The Morgan fingerprint density at radius 1 is 1.10 bits per heavy atom. The Balaban J connectivity index is 2.14. The molecule has 3 rings (SSSR count). The van der Waals surface area contributed by atoms with E-state index in [0.29, 0.717) is 11.1 Å². The van der Waals surface area contributed by atoms with Crippen LogP contribution < -0.4 is 0 Å². The molecule has 0 saturated carbocycles. The Labute approximate surface area is 120 Å². The van der Waals surface area contributed by atoms with E-state index in [1.165, 1.54) is 18.3 Å². The molecule has 0 bridgehead atoms. The van der Waals surface area contributed by atoms with Crippen molar-refractivity contribution in [1.29, 1.82) is 0 Å². The highest BCUT2D eigenvalue weighted by Crippen LogP contribution is 2.28. The Kier molecular flexibility index (Phi) is 3.03. The predicted octanol–water partition coefficient (Wildman–Crippen LogP) is 3.90. The number of rotatable bonds is 2. The molecule has 3 aromatic rings. The molecule has 0 fully saturated rings. The van der Waals surface area contributed by atoms with Gasteiger partial charge < -0.3 is 0 Å². The van der Waals surface area contributed by atoms with Crippen LogP contribution in [0, 0.1) is 6.92 Å². The maximum atomic E-state index is 12.6. The second kappa shape index (κ2) is 4.72. The minimum Gasteiger partial charge on any atom is -0.289 e. The van der Waals surface area contributed by atoms with Gasteiger partial charge in [-0.25, -0.2) is 0 Å². The Bertz CT molecular complexity index is 809. The molecule has 4 heteroatoms. The van der Waals surface area contributed by atoms with Gasteiger partial charge in [-0.15, -0.1) is 11.3 Å². The monoisotopic (exact) mass is 283 g/mol. The molecule has 0 radical (unpaired) electrons. The first-order valence-electron chi connectivity index (χ1n) is 6.29. The van der Waals surface area contributed by atoms with Gasteiger partial charge in [0.2, 0.25) is 5.91 Å². The zero-order valence-corrected chi connectivity index (χ0v) is 12.0. The normalized spacial score (nSPS) is 10.9. The third kappa shape index (κ3) is 1.98. The van der Waals surface area contributed by atoms with Gasteiger partial charge in [0.05, 0.1) is 0 Å². The number of hydrogen-bond donors (Lipinski definition) is 0. The molecule has 0 N–H and O–H groups in total. The van der Waals surface area contributed by atoms with Crippen molar-refractivity contribution in [2.24, 2.45) is 0 Å². The van der Waals surface area contributed by atoms with E-state index in [-0.39, 0.29) is 11.7 Å².